The zero-order valence-electron chi connectivity index (χ0n) is 16.0. The average Bonchev–Trinajstić information content (AvgIpc) is 2.64. The highest BCUT2D eigenvalue weighted by Gasteiger charge is 2.30. The molecule has 1 heterocycles. The molecule has 28 heavy (non-hydrogen) atoms. The highest BCUT2D eigenvalue weighted by atomic mass is 19.4. The van der Waals surface area contributed by atoms with E-state index in [0.717, 1.165) is 39.9 Å². The largest absolute Gasteiger partial charge is 0.416 e. The molecule has 3 nitrogen and oxygen atoms in total. The van der Waals surface area contributed by atoms with Crippen molar-refractivity contribution in [3.05, 3.63) is 76.5 Å². The smallest absolute Gasteiger partial charge is 0.341 e. The lowest BCUT2D eigenvalue weighted by Crippen LogP contribution is -2.28. The first kappa shape index (κ1) is 19.9. The number of hydrogen-bond donors (Lipinski definition) is 0. The predicted molar refractivity (Wildman–Crippen MR) is 103 cm³/mol. The molecule has 0 aliphatic carbocycles. The molecular weight excluding hydrogens is 365 g/mol. The Morgan fingerprint density at radius 2 is 1.79 bits per heavy atom. The molecule has 2 aromatic carbocycles. The van der Waals surface area contributed by atoms with Gasteiger partial charge in [-0.05, 0) is 48.7 Å². The number of likely N-dealkylation sites (N-methyl/N-ethyl adjacent to an activating group) is 1. The molecule has 6 heteroatoms. The van der Waals surface area contributed by atoms with Gasteiger partial charge < -0.3 is 4.90 Å². The first-order valence-electron chi connectivity index (χ1n) is 8.91. The van der Waals surface area contributed by atoms with Gasteiger partial charge in [-0.3, -0.25) is 9.78 Å². The Balaban J connectivity index is 1.79. The quantitative estimate of drug-likeness (QED) is 0.627. The molecule has 0 aliphatic heterocycles. The Morgan fingerprint density at radius 1 is 1.07 bits per heavy atom. The van der Waals surface area contributed by atoms with E-state index in [2.05, 4.69) is 4.98 Å². The fourth-order valence-corrected chi connectivity index (χ4v) is 3.33. The SMILES string of the molecule is Cc1nc2ccccc2c(C)c1CC(=O)N(C)Cc1cccc(C(F)(F)F)c1. The van der Waals surface area contributed by atoms with Crippen LogP contribution in [0.5, 0.6) is 0 Å². The second-order valence-electron chi connectivity index (χ2n) is 6.94. The van der Waals surface area contributed by atoms with E-state index < -0.39 is 11.7 Å². The van der Waals surface area contributed by atoms with Crippen LogP contribution in [0.2, 0.25) is 0 Å². The first-order valence-corrected chi connectivity index (χ1v) is 8.91. The van der Waals surface area contributed by atoms with E-state index in [1.54, 1.807) is 13.1 Å². The lowest BCUT2D eigenvalue weighted by Gasteiger charge is -2.20. The average molecular weight is 386 g/mol. The number of aryl methyl sites for hydroxylation is 2. The normalized spacial score (nSPS) is 11.6. The number of aromatic nitrogens is 1. The zero-order chi connectivity index (χ0) is 20.5. The van der Waals surface area contributed by atoms with Crippen LogP contribution in [0.4, 0.5) is 13.2 Å². The molecule has 1 aromatic heterocycles. The van der Waals surface area contributed by atoms with Crippen molar-refractivity contribution in [2.75, 3.05) is 7.05 Å². The number of fused-ring (bicyclic) bond motifs is 1. The summed E-state index contributed by atoms with van der Waals surface area (Å²) >= 11 is 0. The molecule has 146 valence electrons. The number of pyridine rings is 1. The minimum absolute atomic E-state index is 0.113. The standard InChI is InChI=1S/C22H21F3N2O/c1-14-18-9-4-5-10-20(18)26-15(2)19(14)12-21(28)27(3)13-16-7-6-8-17(11-16)22(23,24)25/h4-11H,12-13H2,1-3H3. The van der Waals surface area contributed by atoms with Crippen molar-refractivity contribution < 1.29 is 18.0 Å². The van der Waals surface area contributed by atoms with Crippen LogP contribution in [0.25, 0.3) is 10.9 Å². The Kier molecular flexibility index (Phi) is 5.40. The molecule has 0 spiro atoms. The van der Waals surface area contributed by atoms with E-state index in [1.807, 2.05) is 38.1 Å². The maximum absolute atomic E-state index is 12.9. The van der Waals surface area contributed by atoms with Crippen molar-refractivity contribution in [3.8, 4) is 0 Å². The lowest BCUT2D eigenvalue weighted by molar-refractivity contribution is -0.137. The number of halogens is 3. The van der Waals surface area contributed by atoms with Crippen LogP contribution in [-0.2, 0) is 23.9 Å². The number of alkyl halides is 3. The van der Waals surface area contributed by atoms with E-state index >= 15 is 0 Å². The Bertz CT molecular complexity index is 1030. The molecule has 3 rings (SSSR count). The summed E-state index contributed by atoms with van der Waals surface area (Å²) in [6, 6.07) is 12.8. The number of rotatable bonds is 4. The number of amides is 1. The summed E-state index contributed by atoms with van der Waals surface area (Å²) in [5.74, 6) is -0.166. The molecule has 0 bridgehead atoms. The van der Waals surface area contributed by atoms with Crippen molar-refractivity contribution in [1.82, 2.24) is 9.88 Å². The number of benzene rings is 2. The van der Waals surface area contributed by atoms with Gasteiger partial charge in [-0.25, -0.2) is 0 Å². The van der Waals surface area contributed by atoms with Crippen LogP contribution in [0, 0.1) is 13.8 Å². The second-order valence-corrected chi connectivity index (χ2v) is 6.94. The third-order valence-electron chi connectivity index (χ3n) is 4.91. The molecule has 0 radical (unpaired) electrons. The van der Waals surface area contributed by atoms with Gasteiger partial charge in [0.15, 0.2) is 0 Å². The lowest BCUT2D eigenvalue weighted by atomic mass is 9.99. The number of carbonyl (C=O) groups excluding carboxylic acids is 1. The Labute approximate surface area is 161 Å². The van der Waals surface area contributed by atoms with Gasteiger partial charge in [0.05, 0.1) is 17.5 Å². The zero-order valence-corrected chi connectivity index (χ0v) is 16.0. The second kappa shape index (κ2) is 7.62. The minimum Gasteiger partial charge on any atom is -0.341 e. The molecule has 1 amide bonds. The third kappa shape index (κ3) is 4.16. The van der Waals surface area contributed by atoms with Crippen molar-refractivity contribution in [3.63, 3.8) is 0 Å². The summed E-state index contributed by atoms with van der Waals surface area (Å²) in [6.45, 7) is 3.95. The van der Waals surface area contributed by atoms with Crippen LogP contribution in [0.3, 0.4) is 0 Å². The van der Waals surface area contributed by atoms with Crippen molar-refractivity contribution >= 4 is 16.8 Å². The number of carbonyl (C=O) groups is 1. The highest BCUT2D eigenvalue weighted by molar-refractivity contribution is 5.86. The summed E-state index contributed by atoms with van der Waals surface area (Å²) in [4.78, 5) is 18.7. The van der Waals surface area contributed by atoms with Gasteiger partial charge in [0.1, 0.15) is 0 Å². The number of para-hydroxylation sites is 1. The van der Waals surface area contributed by atoms with Gasteiger partial charge in [-0.2, -0.15) is 13.2 Å². The maximum Gasteiger partial charge on any atom is 0.416 e. The topological polar surface area (TPSA) is 33.2 Å². The minimum atomic E-state index is -4.40. The van der Waals surface area contributed by atoms with Gasteiger partial charge >= 0.3 is 6.18 Å². The first-order chi connectivity index (χ1) is 13.2. The van der Waals surface area contributed by atoms with E-state index in [9.17, 15) is 18.0 Å². The molecule has 0 saturated heterocycles. The van der Waals surface area contributed by atoms with Crippen molar-refractivity contribution in [2.45, 2.75) is 33.0 Å². The van der Waals surface area contributed by atoms with Gasteiger partial charge in [0, 0.05) is 24.7 Å². The Hall–Kier alpha value is -2.89. The van der Waals surface area contributed by atoms with Crippen LogP contribution in [-0.4, -0.2) is 22.8 Å². The summed E-state index contributed by atoms with van der Waals surface area (Å²) in [7, 11) is 1.60. The molecular formula is C22H21F3N2O. The van der Waals surface area contributed by atoms with E-state index in [0.29, 0.717) is 5.56 Å². The van der Waals surface area contributed by atoms with E-state index in [1.165, 1.54) is 11.0 Å². The van der Waals surface area contributed by atoms with Crippen LogP contribution >= 0.6 is 0 Å². The van der Waals surface area contributed by atoms with Crippen LogP contribution in [0.1, 0.15) is 27.9 Å². The van der Waals surface area contributed by atoms with Crippen LogP contribution in [0.15, 0.2) is 48.5 Å². The van der Waals surface area contributed by atoms with Gasteiger partial charge in [-0.1, -0.05) is 30.3 Å². The maximum atomic E-state index is 12.9. The fraction of sp³-hybridized carbons (Fsp3) is 0.273. The predicted octanol–water partition coefficient (Wildman–Crippen LogP) is 5.07. The molecule has 0 fully saturated rings. The summed E-state index contributed by atoms with van der Waals surface area (Å²) in [5, 5.41) is 0.997. The summed E-state index contributed by atoms with van der Waals surface area (Å²) in [5.41, 5.74) is 3.26. The molecule has 0 saturated carbocycles. The third-order valence-corrected chi connectivity index (χ3v) is 4.91. The molecule has 3 aromatic rings. The molecule has 0 aliphatic rings. The molecule has 0 unspecified atom stereocenters. The highest BCUT2D eigenvalue weighted by Crippen LogP contribution is 2.30. The summed E-state index contributed by atoms with van der Waals surface area (Å²) in [6.07, 6.45) is -4.24. The van der Waals surface area contributed by atoms with Gasteiger partial charge in [-0.15, -0.1) is 0 Å². The molecule has 0 atom stereocenters. The Morgan fingerprint density at radius 3 is 2.50 bits per heavy atom. The van der Waals surface area contributed by atoms with Crippen LogP contribution < -0.4 is 0 Å². The fourth-order valence-electron chi connectivity index (χ4n) is 3.33. The van der Waals surface area contributed by atoms with E-state index in [-0.39, 0.29) is 18.9 Å². The van der Waals surface area contributed by atoms with Crippen molar-refractivity contribution in [1.29, 1.82) is 0 Å². The monoisotopic (exact) mass is 386 g/mol. The van der Waals surface area contributed by atoms with Gasteiger partial charge in [0.25, 0.3) is 0 Å². The van der Waals surface area contributed by atoms with Crippen molar-refractivity contribution in [2.24, 2.45) is 0 Å². The van der Waals surface area contributed by atoms with E-state index in [4.69, 9.17) is 0 Å². The molecule has 0 N–H and O–H groups in total. The number of nitrogens with zero attached hydrogens (tertiary/aromatic N) is 2. The number of hydrogen-bond acceptors (Lipinski definition) is 2. The summed E-state index contributed by atoms with van der Waals surface area (Å²) < 4.78 is 38.6. The van der Waals surface area contributed by atoms with Gasteiger partial charge in [0.2, 0.25) is 5.91 Å².